The molecular formula is C26H34N8O4. The zero-order valence-electron chi connectivity index (χ0n) is 22.8. The standard InChI is InChI=1S/C26H34N8O4/c1-23(2,3)37-21(35)31-15-25(16-31,7-9-27)33-13-19(11-29-33)20-12-30-34(14-20)26(8-10-28)17-32(18-26)22(36)38-24(4,5)6/h11-14H,7-8,15-18H2,1-6H3. The minimum Gasteiger partial charge on any atom is -0.444 e. The van der Waals surface area contributed by atoms with Crippen LogP contribution in [-0.2, 0) is 20.6 Å². The smallest absolute Gasteiger partial charge is 0.410 e. The molecule has 2 aliphatic rings. The van der Waals surface area contributed by atoms with Crippen molar-refractivity contribution < 1.29 is 19.1 Å². The summed E-state index contributed by atoms with van der Waals surface area (Å²) < 4.78 is 14.4. The van der Waals surface area contributed by atoms with E-state index in [0.29, 0.717) is 26.2 Å². The molecule has 0 bridgehead atoms. The number of carbonyl (C=O) groups excluding carboxylic acids is 2. The Balaban J connectivity index is 1.48. The van der Waals surface area contributed by atoms with Crippen LogP contribution < -0.4 is 0 Å². The van der Waals surface area contributed by atoms with Gasteiger partial charge in [-0.05, 0) is 41.5 Å². The van der Waals surface area contributed by atoms with E-state index in [-0.39, 0.29) is 12.8 Å². The molecule has 202 valence electrons. The first kappa shape index (κ1) is 27.0. The summed E-state index contributed by atoms with van der Waals surface area (Å²) in [7, 11) is 0. The van der Waals surface area contributed by atoms with Gasteiger partial charge in [-0.25, -0.2) is 9.59 Å². The van der Waals surface area contributed by atoms with Gasteiger partial charge in [0.1, 0.15) is 22.3 Å². The zero-order valence-corrected chi connectivity index (χ0v) is 22.8. The fraction of sp³-hybridized carbons (Fsp3) is 0.615. The number of carbonyl (C=O) groups is 2. The monoisotopic (exact) mass is 522 g/mol. The summed E-state index contributed by atoms with van der Waals surface area (Å²) in [5.41, 5.74) is -0.888. The summed E-state index contributed by atoms with van der Waals surface area (Å²) in [4.78, 5) is 28.0. The molecule has 0 saturated carbocycles. The van der Waals surface area contributed by atoms with Crippen LogP contribution in [0.4, 0.5) is 9.59 Å². The second-order valence-corrected chi connectivity index (χ2v) is 12.1. The maximum Gasteiger partial charge on any atom is 0.410 e. The van der Waals surface area contributed by atoms with E-state index in [1.165, 1.54) is 0 Å². The van der Waals surface area contributed by atoms with Gasteiger partial charge in [0.2, 0.25) is 0 Å². The van der Waals surface area contributed by atoms with Gasteiger partial charge >= 0.3 is 12.2 Å². The van der Waals surface area contributed by atoms with Crippen molar-refractivity contribution in [1.29, 1.82) is 10.5 Å². The second-order valence-electron chi connectivity index (χ2n) is 12.1. The van der Waals surface area contributed by atoms with Gasteiger partial charge in [0.15, 0.2) is 0 Å². The molecular weight excluding hydrogens is 488 g/mol. The lowest BCUT2D eigenvalue weighted by molar-refractivity contribution is -0.0318. The van der Waals surface area contributed by atoms with Crippen molar-refractivity contribution in [3.8, 4) is 23.3 Å². The van der Waals surface area contributed by atoms with Crippen LogP contribution in [0.3, 0.4) is 0 Å². The Labute approximate surface area is 222 Å². The van der Waals surface area contributed by atoms with Gasteiger partial charge in [0, 0.05) is 23.5 Å². The van der Waals surface area contributed by atoms with Gasteiger partial charge < -0.3 is 19.3 Å². The van der Waals surface area contributed by atoms with E-state index in [4.69, 9.17) is 9.47 Å². The molecule has 0 radical (unpaired) electrons. The van der Waals surface area contributed by atoms with Crippen LogP contribution in [0.15, 0.2) is 24.8 Å². The summed E-state index contributed by atoms with van der Waals surface area (Å²) >= 11 is 0. The Morgan fingerprint density at radius 1 is 0.789 bits per heavy atom. The molecule has 0 N–H and O–H groups in total. The third-order valence-electron chi connectivity index (χ3n) is 6.53. The summed E-state index contributed by atoms with van der Waals surface area (Å²) in [5, 5.41) is 27.9. The quantitative estimate of drug-likeness (QED) is 0.581. The first-order valence-corrected chi connectivity index (χ1v) is 12.5. The molecule has 0 aromatic carbocycles. The first-order valence-electron chi connectivity index (χ1n) is 12.5. The van der Waals surface area contributed by atoms with Crippen LogP contribution in [-0.4, -0.2) is 78.9 Å². The van der Waals surface area contributed by atoms with Crippen LogP contribution in [0, 0.1) is 22.7 Å². The van der Waals surface area contributed by atoms with Crippen molar-refractivity contribution in [2.24, 2.45) is 0 Å². The molecule has 0 unspecified atom stereocenters. The topological polar surface area (TPSA) is 142 Å². The van der Waals surface area contributed by atoms with E-state index in [2.05, 4.69) is 22.3 Å². The lowest BCUT2D eigenvalue weighted by Gasteiger charge is -2.48. The molecule has 2 aromatic heterocycles. The highest BCUT2D eigenvalue weighted by Gasteiger charge is 2.50. The average molecular weight is 523 g/mol. The Morgan fingerprint density at radius 3 is 1.42 bits per heavy atom. The fourth-order valence-electron chi connectivity index (χ4n) is 4.67. The van der Waals surface area contributed by atoms with Crippen LogP contribution in [0.2, 0.25) is 0 Å². The largest absolute Gasteiger partial charge is 0.444 e. The van der Waals surface area contributed by atoms with Crippen molar-refractivity contribution in [1.82, 2.24) is 29.4 Å². The number of likely N-dealkylation sites (tertiary alicyclic amines) is 2. The number of ether oxygens (including phenoxy) is 2. The van der Waals surface area contributed by atoms with Gasteiger partial charge in [0.25, 0.3) is 0 Å². The number of hydrogen-bond acceptors (Lipinski definition) is 8. The van der Waals surface area contributed by atoms with Crippen LogP contribution in [0.5, 0.6) is 0 Å². The molecule has 2 saturated heterocycles. The first-order chi connectivity index (χ1) is 17.7. The minimum atomic E-state index is -0.635. The summed E-state index contributed by atoms with van der Waals surface area (Å²) in [5.74, 6) is 0. The van der Waals surface area contributed by atoms with E-state index in [9.17, 15) is 20.1 Å². The van der Waals surface area contributed by atoms with E-state index in [1.54, 1.807) is 31.6 Å². The van der Waals surface area contributed by atoms with Crippen molar-refractivity contribution in [3.63, 3.8) is 0 Å². The van der Waals surface area contributed by atoms with Crippen molar-refractivity contribution in [2.45, 2.75) is 76.7 Å². The highest BCUT2D eigenvalue weighted by Crippen LogP contribution is 2.36. The Morgan fingerprint density at radius 2 is 1.13 bits per heavy atom. The SMILES string of the molecule is CC(C)(C)OC(=O)N1CC(CC#N)(n2cc(-c3cnn(C4(CC#N)CN(C(=O)OC(C)(C)C)C4)c3)cn2)C1. The number of amides is 2. The van der Waals surface area contributed by atoms with Gasteiger partial charge in [-0.15, -0.1) is 0 Å². The molecule has 4 rings (SSSR count). The van der Waals surface area contributed by atoms with Gasteiger partial charge in [-0.1, -0.05) is 0 Å². The van der Waals surface area contributed by atoms with Crippen molar-refractivity contribution >= 4 is 12.2 Å². The molecule has 2 fully saturated rings. The van der Waals surface area contributed by atoms with Gasteiger partial charge in [-0.2, -0.15) is 20.7 Å². The Bertz CT molecular complexity index is 1190. The predicted molar refractivity (Wildman–Crippen MR) is 135 cm³/mol. The number of aromatic nitrogens is 4. The van der Waals surface area contributed by atoms with E-state index in [0.717, 1.165) is 11.1 Å². The number of rotatable bonds is 5. The molecule has 2 aliphatic heterocycles. The molecule has 0 spiro atoms. The maximum atomic E-state index is 12.4. The molecule has 12 nitrogen and oxygen atoms in total. The molecule has 4 heterocycles. The van der Waals surface area contributed by atoms with Gasteiger partial charge in [-0.3, -0.25) is 9.36 Å². The minimum absolute atomic E-state index is 0.193. The number of nitriles is 2. The summed E-state index contributed by atoms with van der Waals surface area (Å²) in [6.45, 7) is 12.2. The third kappa shape index (κ3) is 5.30. The van der Waals surface area contributed by atoms with Crippen molar-refractivity contribution in [2.75, 3.05) is 26.2 Å². The van der Waals surface area contributed by atoms with Crippen LogP contribution >= 0.6 is 0 Å². The highest BCUT2D eigenvalue weighted by atomic mass is 16.6. The van der Waals surface area contributed by atoms with Crippen LogP contribution in [0.1, 0.15) is 54.4 Å². The molecule has 2 aromatic rings. The second kappa shape index (κ2) is 9.35. The lowest BCUT2D eigenvalue weighted by atomic mass is 9.87. The fourth-order valence-corrected chi connectivity index (χ4v) is 4.67. The van der Waals surface area contributed by atoms with Crippen molar-refractivity contribution in [3.05, 3.63) is 24.8 Å². The molecule has 0 aliphatic carbocycles. The highest BCUT2D eigenvalue weighted by molar-refractivity contribution is 5.70. The Kier molecular flexibility index (Phi) is 6.64. The van der Waals surface area contributed by atoms with E-state index in [1.807, 2.05) is 53.9 Å². The van der Waals surface area contributed by atoms with E-state index < -0.39 is 34.5 Å². The average Bonchev–Trinajstić information content (AvgIpc) is 3.40. The third-order valence-corrected chi connectivity index (χ3v) is 6.53. The van der Waals surface area contributed by atoms with Crippen LogP contribution in [0.25, 0.3) is 11.1 Å². The predicted octanol–water partition coefficient (Wildman–Crippen LogP) is 3.47. The molecule has 2 amide bonds. The number of hydrogen-bond donors (Lipinski definition) is 0. The normalized spacial score (nSPS) is 18.0. The number of nitrogens with zero attached hydrogens (tertiary/aromatic N) is 8. The molecule has 12 heteroatoms. The summed E-state index contributed by atoms with van der Waals surface area (Å²) in [6, 6.07) is 4.43. The van der Waals surface area contributed by atoms with E-state index >= 15 is 0 Å². The molecule has 38 heavy (non-hydrogen) atoms. The lowest BCUT2D eigenvalue weighted by Crippen LogP contribution is -2.64. The molecule has 0 atom stereocenters. The van der Waals surface area contributed by atoms with Gasteiger partial charge in [0.05, 0.1) is 63.6 Å². The maximum absolute atomic E-state index is 12.4. The zero-order chi connectivity index (χ0) is 27.9. The summed E-state index contributed by atoms with van der Waals surface area (Å²) in [6.07, 6.45) is 6.64. The Hall–Kier alpha value is -4.06.